The lowest BCUT2D eigenvalue weighted by molar-refractivity contribution is -0.305. The van der Waals surface area contributed by atoms with E-state index in [0.717, 1.165) is 18.8 Å². The molecule has 0 spiro atoms. The van der Waals surface area contributed by atoms with Crippen molar-refractivity contribution >= 4 is 0 Å². The summed E-state index contributed by atoms with van der Waals surface area (Å²) >= 11 is 0. The van der Waals surface area contributed by atoms with Gasteiger partial charge < -0.3 is 10.2 Å². The summed E-state index contributed by atoms with van der Waals surface area (Å²) in [5.74, 6) is 0.245. The molecule has 4 aliphatic carbocycles. The molecule has 0 heterocycles. The van der Waals surface area contributed by atoms with E-state index in [2.05, 4.69) is 23.6 Å². The minimum Gasteiger partial charge on any atom is -0.363 e. The van der Waals surface area contributed by atoms with Gasteiger partial charge in [-0.1, -0.05) is 26.7 Å². The van der Waals surface area contributed by atoms with Crippen molar-refractivity contribution in [3.63, 3.8) is 0 Å². The number of fused-ring (bicyclic) bond motifs is 5. The van der Waals surface area contributed by atoms with E-state index in [0.29, 0.717) is 17.3 Å². The van der Waals surface area contributed by atoms with Gasteiger partial charge in [-0.05, 0) is 102 Å². The second kappa shape index (κ2) is 6.17. The molecule has 6 atom stereocenters. The minimum absolute atomic E-state index is 0.00291. The quantitative estimate of drug-likeness (QED) is 0.722. The average Bonchev–Trinajstić information content (AvgIpc) is 2.78. The smallest absolute Gasteiger partial charge is 0.199 e. The van der Waals surface area contributed by atoms with Crippen molar-refractivity contribution in [1.82, 2.24) is 9.80 Å². The van der Waals surface area contributed by atoms with Crippen LogP contribution >= 0.6 is 0 Å². The standard InChI is InChI=1S/C23H42N2O2/c1-20-14-12-18-17(11-10-16-9-7-8-13-21(16,18)2)19(20)23(26,27)22(15-20,24(3)4)25(5)6/h16-19,26-27H,7-15H2,1-6H3/t16-,17-,18+,19+,20-,21+/m1/s1. The zero-order valence-corrected chi connectivity index (χ0v) is 18.5. The molecular weight excluding hydrogens is 336 g/mol. The summed E-state index contributed by atoms with van der Waals surface area (Å²) in [4.78, 5) is 4.14. The van der Waals surface area contributed by atoms with Crippen LogP contribution in [0.1, 0.15) is 71.6 Å². The Morgan fingerprint density at radius 2 is 1.48 bits per heavy atom. The Labute approximate surface area is 166 Å². The third kappa shape index (κ3) is 2.42. The van der Waals surface area contributed by atoms with Crippen LogP contribution in [-0.2, 0) is 0 Å². The molecule has 4 aliphatic rings. The average molecular weight is 379 g/mol. The first-order valence-corrected chi connectivity index (χ1v) is 11.3. The first-order chi connectivity index (χ1) is 12.5. The zero-order valence-electron chi connectivity index (χ0n) is 18.5. The lowest BCUT2D eigenvalue weighted by Crippen LogP contribution is -2.69. The van der Waals surface area contributed by atoms with Crippen LogP contribution in [0.4, 0.5) is 0 Å². The van der Waals surface area contributed by atoms with Gasteiger partial charge in [0, 0.05) is 5.92 Å². The monoisotopic (exact) mass is 378 g/mol. The number of hydrogen-bond acceptors (Lipinski definition) is 4. The van der Waals surface area contributed by atoms with E-state index < -0.39 is 11.4 Å². The predicted octanol–water partition coefficient (Wildman–Crippen LogP) is 3.53. The lowest BCUT2D eigenvalue weighted by atomic mass is 9.45. The number of aliphatic hydroxyl groups is 2. The van der Waals surface area contributed by atoms with Gasteiger partial charge in [-0.2, -0.15) is 0 Å². The molecule has 4 saturated carbocycles. The third-order valence-electron chi connectivity index (χ3n) is 10.0. The van der Waals surface area contributed by atoms with Gasteiger partial charge >= 0.3 is 0 Å². The van der Waals surface area contributed by atoms with E-state index >= 15 is 0 Å². The summed E-state index contributed by atoms with van der Waals surface area (Å²) in [5.41, 5.74) is -0.303. The second-order valence-electron chi connectivity index (χ2n) is 11.5. The van der Waals surface area contributed by atoms with Gasteiger partial charge in [0.25, 0.3) is 0 Å². The molecule has 0 aromatic rings. The molecular formula is C23H42N2O2. The molecule has 2 N–H and O–H groups in total. The molecule has 0 aromatic carbocycles. The Morgan fingerprint density at radius 1 is 0.815 bits per heavy atom. The molecule has 27 heavy (non-hydrogen) atoms. The highest BCUT2D eigenvalue weighted by atomic mass is 16.5. The Balaban J connectivity index is 1.76. The molecule has 4 fully saturated rings. The van der Waals surface area contributed by atoms with Gasteiger partial charge in [0.15, 0.2) is 5.79 Å². The van der Waals surface area contributed by atoms with E-state index in [1.807, 2.05) is 28.2 Å². The van der Waals surface area contributed by atoms with E-state index in [1.165, 1.54) is 44.9 Å². The molecule has 0 amide bonds. The van der Waals surface area contributed by atoms with E-state index in [9.17, 15) is 10.2 Å². The Bertz CT molecular complexity index is 581. The van der Waals surface area contributed by atoms with Crippen molar-refractivity contribution in [1.29, 1.82) is 0 Å². The first kappa shape index (κ1) is 20.1. The van der Waals surface area contributed by atoms with Crippen LogP contribution < -0.4 is 0 Å². The molecule has 156 valence electrons. The van der Waals surface area contributed by atoms with E-state index in [1.54, 1.807) is 0 Å². The van der Waals surface area contributed by atoms with Crippen molar-refractivity contribution < 1.29 is 10.2 Å². The SMILES string of the molecule is CN(C)C1(N(C)C)C[C@@]2(C)CC[C@H]3[C@@H](CC[C@H]4CCCC[C@@]43C)[C@@H]2C1(O)O. The number of hydrogen-bond donors (Lipinski definition) is 2. The molecule has 0 radical (unpaired) electrons. The third-order valence-corrected chi connectivity index (χ3v) is 10.0. The Hall–Kier alpha value is -0.160. The number of nitrogens with zero attached hydrogens (tertiary/aromatic N) is 2. The summed E-state index contributed by atoms with van der Waals surface area (Å²) in [6.07, 6.45) is 11.2. The van der Waals surface area contributed by atoms with Crippen molar-refractivity contribution in [2.45, 2.75) is 83.1 Å². The van der Waals surface area contributed by atoms with Crippen LogP contribution in [0.2, 0.25) is 0 Å². The molecule has 0 saturated heterocycles. The number of rotatable bonds is 2. The van der Waals surface area contributed by atoms with E-state index in [4.69, 9.17) is 0 Å². The van der Waals surface area contributed by atoms with Crippen molar-refractivity contribution in [2.75, 3.05) is 28.2 Å². The van der Waals surface area contributed by atoms with Crippen molar-refractivity contribution in [3.8, 4) is 0 Å². The molecule has 0 unspecified atom stereocenters. The summed E-state index contributed by atoms with van der Waals surface area (Å²) in [6, 6.07) is 0. The van der Waals surface area contributed by atoms with Gasteiger partial charge in [-0.3, -0.25) is 9.80 Å². The van der Waals surface area contributed by atoms with Crippen LogP contribution in [0.5, 0.6) is 0 Å². The molecule has 0 aromatic heterocycles. The van der Waals surface area contributed by atoms with Crippen molar-refractivity contribution in [3.05, 3.63) is 0 Å². The second-order valence-corrected chi connectivity index (χ2v) is 11.5. The minimum atomic E-state index is -1.68. The van der Waals surface area contributed by atoms with Gasteiger partial charge in [-0.25, -0.2) is 0 Å². The highest BCUT2D eigenvalue weighted by molar-refractivity contribution is 5.19. The summed E-state index contributed by atoms with van der Waals surface area (Å²) in [7, 11) is 8.05. The topological polar surface area (TPSA) is 46.9 Å². The maximum Gasteiger partial charge on any atom is 0.199 e. The fourth-order valence-corrected chi connectivity index (χ4v) is 8.88. The number of likely N-dealkylation sites (N-methyl/N-ethyl adjacent to an activating group) is 2. The Morgan fingerprint density at radius 3 is 2.11 bits per heavy atom. The van der Waals surface area contributed by atoms with Gasteiger partial charge in [-0.15, -0.1) is 0 Å². The van der Waals surface area contributed by atoms with E-state index in [-0.39, 0.29) is 11.3 Å². The normalized spacial score (nSPS) is 48.2. The van der Waals surface area contributed by atoms with Crippen LogP contribution in [-0.4, -0.2) is 59.7 Å². The lowest BCUT2D eigenvalue weighted by Gasteiger charge is -2.61. The van der Waals surface area contributed by atoms with Crippen LogP contribution in [0.3, 0.4) is 0 Å². The van der Waals surface area contributed by atoms with Crippen LogP contribution in [0.15, 0.2) is 0 Å². The van der Waals surface area contributed by atoms with Gasteiger partial charge in [0.2, 0.25) is 0 Å². The van der Waals surface area contributed by atoms with Crippen molar-refractivity contribution in [2.24, 2.45) is 34.5 Å². The zero-order chi connectivity index (χ0) is 19.8. The largest absolute Gasteiger partial charge is 0.363 e. The highest BCUT2D eigenvalue weighted by Crippen LogP contribution is 2.70. The molecule has 4 nitrogen and oxygen atoms in total. The molecule has 4 heteroatoms. The Kier molecular flexibility index (Phi) is 4.60. The van der Waals surface area contributed by atoms with Crippen LogP contribution in [0.25, 0.3) is 0 Å². The summed E-state index contributed by atoms with van der Waals surface area (Å²) in [6.45, 7) is 4.89. The maximum absolute atomic E-state index is 11.8. The highest BCUT2D eigenvalue weighted by Gasteiger charge is 2.73. The first-order valence-electron chi connectivity index (χ1n) is 11.3. The van der Waals surface area contributed by atoms with Gasteiger partial charge in [0.05, 0.1) is 0 Å². The predicted molar refractivity (Wildman–Crippen MR) is 109 cm³/mol. The summed E-state index contributed by atoms with van der Waals surface area (Å²) < 4.78 is 0. The molecule has 4 rings (SSSR count). The summed E-state index contributed by atoms with van der Waals surface area (Å²) in [5, 5.41) is 23.6. The maximum atomic E-state index is 11.8. The fraction of sp³-hybridized carbons (Fsp3) is 1.00. The van der Waals surface area contributed by atoms with Crippen LogP contribution in [0, 0.1) is 34.5 Å². The fourth-order valence-electron chi connectivity index (χ4n) is 8.88. The molecule has 0 bridgehead atoms. The molecule has 0 aliphatic heterocycles. The van der Waals surface area contributed by atoms with Gasteiger partial charge in [0.1, 0.15) is 5.66 Å².